The summed E-state index contributed by atoms with van der Waals surface area (Å²) in [4.78, 5) is 25.3. The highest BCUT2D eigenvalue weighted by Crippen LogP contribution is 2.53. The second-order valence-electron chi connectivity index (χ2n) is 7.55. The maximum absolute atomic E-state index is 13.0. The van der Waals surface area contributed by atoms with Gasteiger partial charge in [-0.05, 0) is 24.7 Å². The Balaban J connectivity index is 2.02. The molecular formula is C17H24F3N3O2. The van der Waals surface area contributed by atoms with Crippen molar-refractivity contribution in [3.05, 3.63) is 17.5 Å². The number of ketones is 1. The summed E-state index contributed by atoms with van der Waals surface area (Å²) in [5.74, 6) is -0.0950. The molecule has 0 spiro atoms. The van der Waals surface area contributed by atoms with Crippen molar-refractivity contribution in [3.63, 3.8) is 0 Å². The topological polar surface area (TPSA) is 55.2 Å². The molecule has 1 fully saturated rings. The minimum Gasteiger partial charge on any atom is -0.341 e. The number of aromatic nitrogens is 2. The van der Waals surface area contributed by atoms with Gasteiger partial charge in [0.1, 0.15) is 5.78 Å². The van der Waals surface area contributed by atoms with Crippen LogP contribution in [0.1, 0.15) is 44.9 Å². The lowest BCUT2D eigenvalue weighted by molar-refractivity contribution is -0.145. The number of nitrogens with zero attached hydrogens (tertiary/aromatic N) is 3. The van der Waals surface area contributed by atoms with Crippen LogP contribution in [0.25, 0.3) is 0 Å². The Morgan fingerprint density at radius 2 is 2.00 bits per heavy atom. The van der Waals surface area contributed by atoms with Crippen molar-refractivity contribution in [1.82, 2.24) is 14.7 Å². The highest BCUT2D eigenvalue weighted by molar-refractivity contribution is 5.81. The molecule has 1 aliphatic rings. The zero-order valence-electron chi connectivity index (χ0n) is 15.1. The maximum atomic E-state index is 13.0. The van der Waals surface area contributed by atoms with E-state index in [1.165, 1.54) is 25.2 Å². The molecule has 1 aromatic rings. The zero-order valence-corrected chi connectivity index (χ0v) is 15.1. The molecule has 25 heavy (non-hydrogen) atoms. The van der Waals surface area contributed by atoms with Crippen molar-refractivity contribution in [2.45, 2.75) is 46.3 Å². The summed E-state index contributed by atoms with van der Waals surface area (Å²) in [5.41, 5.74) is -1.25. The third-order valence-electron chi connectivity index (χ3n) is 5.39. The minimum atomic E-state index is -4.55. The standard InChI is InChI=1S/C17H24F3N3O2/c1-10(24)13-6-12(16(13,2)3)7-14(25)22(4)8-11-9-23(5)21-15(11)17(18,19)20/h9,12-13H,6-8H2,1-5H3/t12-,13+/m1/s1. The molecule has 0 N–H and O–H groups in total. The number of carbonyl (C=O) groups is 2. The van der Waals surface area contributed by atoms with E-state index in [1.54, 1.807) is 6.92 Å². The number of carbonyl (C=O) groups excluding carboxylic acids is 2. The monoisotopic (exact) mass is 359 g/mol. The summed E-state index contributed by atoms with van der Waals surface area (Å²) >= 11 is 0. The van der Waals surface area contributed by atoms with Gasteiger partial charge < -0.3 is 4.90 Å². The molecule has 0 aromatic carbocycles. The van der Waals surface area contributed by atoms with Gasteiger partial charge in [-0.3, -0.25) is 14.3 Å². The Kier molecular flexibility index (Phi) is 5.03. The summed E-state index contributed by atoms with van der Waals surface area (Å²) < 4.78 is 40.1. The number of amides is 1. The van der Waals surface area contributed by atoms with Crippen molar-refractivity contribution in [2.24, 2.45) is 24.3 Å². The van der Waals surface area contributed by atoms with Crippen molar-refractivity contribution >= 4 is 11.7 Å². The third kappa shape index (κ3) is 3.88. The number of alkyl halides is 3. The van der Waals surface area contributed by atoms with Gasteiger partial charge in [0, 0.05) is 44.7 Å². The number of hydrogen-bond donors (Lipinski definition) is 0. The first-order valence-corrected chi connectivity index (χ1v) is 8.18. The fraction of sp³-hybridized carbons (Fsp3) is 0.706. The summed E-state index contributed by atoms with van der Waals surface area (Å²) in [6.45, 7) is 5.33. The lowest BCUT2D eigenvalue weighted by Crippen LogP contribution is -2.49. The maximum Gasteiger partial charge on any atom is 0.435 e. The molecule has 1 saturated carbocycles. The average Bonchev–Trinajstić information content (AvgIpc) is 2.82. The molecule has 140 valence electrons. The molecule has 8 heteroatoms. The number of Topliss-reactive ketones (excluding diaryl/α,β-unsaturated/α-hetero) is 1. The van der Waals surface area contributed by atoms with Crippen LogP contribution in [0.15, 0.2) is 6.20 Å². The summed E-state index contributed by atoms with van der Waals surface area (Å²) in [7, 11) is 2.91. The van der Waals surface area contributed by atoms with Crippen LogP contribution in [0.5, 0.6) is 0 Å². The quantitative estimate of drug-likeness (QED) is 0.812. The third-order valence-corrected chi connectivity index (χ3v) is 5.39. The summed E-state index contributed by atoms with van der Waals surface area (Å²) in [6, 6.07) is 0. The van der Waals surface area contributed by atoms with Crippen LogP contribution in [0.3, 0.4) is 0 Å². The van der Waals surface area contributed by atoms with Gasteiger partial charge in [0.25, 0.3) is 0 Å². The van der Waals surface area contributed by atoms with Crippen LogP contribution >= 0.6 is 0 Å². The Morgan fingerprint density at radius 1 is 1.40 bits per heavy atom. The molecule has 1 amide bonds. The van der Waals surface area contributed by atoms with Crippen molar-refractivity contribution in [1.29, 1.82) is 0 Å². The van der Waals surface area contributed by atoms with Crippen LogP contribution in [0.4, 0.5) is 13.2 Å². The molecule has 0 radical (unpaired) electrons. The summed E-state index contributed by atoms with van der Waals surface area (Å²) in [6.07, 6.45) is -2.38. The Bertz CT molecular complexity index is 679. The number of hydrogen-bond acceptors (Lipinski definition) is 3. The van der Waals surface area contributed by atoms with E-state index in [9.17, 15) is 22.8 Å². The fourth-order valence-electron chi connectivity index (χ4n) is 3.65. The van der Waals surface area contributed by atoms with E-state index >= 15 is 0 Å². The smallest absolute Gasteiger partial charge is 0.341 e. The predicted molar refractivity (Wildman–Crippen MR) is 85.4 cm³/mol. The van der Waals surface area contributed by atoms with E-state index in [-0.39, 0.29) is 47.5 Å². The zero-order chi connectivity index (χ0) is 19.2. The number of halogens is 3. The molecular weight excluding hydrogens is 335 g/mol. The first-order valence-electron chi connectivity index (χ1n) is 8.18. The molecule has 0 aliphatic heterocycles. The van der Waals surface area contributed by atoms with Gasteiger partial charge in [0.05, 0.1) is 0 Å². The van der Waals surface area contributed by atoms with E-state index in [0.717, 1.165) is 4.68 Å². The van der Waals surface area contributed by atoms with Gasteiger partial charge in [0.15, 0.2) is 5.69 Å². The van der Waals surface area contributed by atoms with Gasteiger partial charge in [-0.25, -0.2) is 0 Å². The van der Waals surface area contributed by atoms with Gasteiger partial charge in [-0.15, -0.1) is 0 Å². The summed E-state index contributed by atoms with van der Waals surface area (Å²) in [5, 5.41) is 3.45. The van der Waals surface area contributed by atoms with Crippen LogP contribution in [0, 0.1) is 17.3 Å². The Hall–Kier alpha value is -1.86. The molecule has 1 heterocycles. The van der Waals surface area contributed by atoms with Gasteiger partial charge in [-0.1, -0.05) is 13.8 Å². The van der Waals surface area contributed by atoms with Crippen LogP contribution in [0.2, 0.25) is 0 Å². The SMILES string of the molecule is CC(=O)[C@@H]1C[C@H](CC(=O)N(C)Cc2cn(C)nc2C(F)(F)F)C1(C)C. The van der Waals surface area contributed by atoms with Gasteiger partial charge >= 0.3 is 6.18 Å². The van der Waals surface area contributed by atoms with Gasteiger partial charge in [-0.2, -0.15) is 18.3 Å². The molecule has 2 rings (SSSR count). The lowest BCUT2D eigenvalue weighted by Gasteiger charge is -2.51. The number of aryl methyl sites for hydroxylation is 1. The molecule has 0 saturated heterocycles. The number of rotatable bonds is 5. The van der Waals surface area contributed by atoms with Gasteiger partial charge in [0.2, 0.25) is 5.91 Å². The highest BCUT2D eigenvalue weighted by atomic mass is 19.4. The average molecular weight is 359 g/mol. The predicted octanol–water partition coefficient (Wildman–Crippen LogP) is 3.04. The molecule has 1 aliphatic carbocycles. The van der Waals surface area contributed by atoms with Crippen molar-refractivity contribution in [3.8, 4) is 0 Å². The van der Waals surface area contributed by atoms with Crippen LogP contribution < -0.4 is 0 Å². The van der Waals surface area contributed by atoms with Crippen molar-refractivity contribution < 1.29 is 22.8 Å². The van der Waals surface area contributed by atoms with E-state index in [1.807, 2.05) is 13.8 Å². The lowest BCUT2D eigenvalue weighted by atomic mass is 9.52. The first-order chi connectivity index (χ1) is 11.3. The highest BCUT2D eigenvalue weighted by Gasteiger charge is 2.50. The molecule has 0 bridgehead atoms. The molecule has 2 atom stereocenters. The van der Waals surface area contributed by atoms with E-state index in [2.05, 4.69) is 5.10 Å². The normalized spacial score (nSPS) is 22.4. The van der Waals surface area contributed by atoms with Crippen LogP contribution in [-0.4, -0.2) is 33.4 Å². The van der Waals surface area contributed by atoms with E-state index < -0.39 is 11.9 Å². The molecule has 1 aromatic heterocycles. The molecule has 5 nitrogen and oxygen atoms in total. The Morgan fingerprint density at radius 3 is 2.48 bits per heavy atom. The van der Waals surface area contributed by atoms with Crippen molar-refractivity contribution in [2.75, 3.05) is 7.05 Å². The second-order valence-corrected chi connectivity index (χ2v) is 7.55. The fourth-order valence-corrected chi connectivity index (χ4v) is 3.65. The van der Waals surface area contributed by atoms with E-state index in [4.69, 9.17) is 0 Å². The molecule has 0 unspecified atom stereocenters. The minimum absolute atomic E-state index is 0.0275. The van der Waals surface area contributed by atoms with E-state index in [0.29, 0.717) is 6.42 Å². The largest absolute Gasteiger partial charge is 0.435 e. The van der Waals surface area contributed by atoms with Crippen LogP contribution in [-0.2, 0) is 29.4 Å². The first kappa shape index (κ1) is 19.5. The second kappa shape index (κ2) is 6.46. The Labute approximate surface area is 145 Å².